The third kappa shape index (κ3) is 3.87. The predicted molar refractivity (Wildman–Crippen MR) is 107 cm³/mol. The van der Waals surface area contributed by atoms with Gasteiger partial charge in [0.25, 0.3) is 11.6 Å². The fourth-order valence-corrected chi connectivity index (χ4v) is 4.10. The molecule has 1 aromatic heterocycles. The molecule has 1 amide bonds. The highest BCUT2D eigenvalue weighted by atomic mass is 35.5. The smallest absolute Gasteiger partial charge is 0.283 e. The number of hydrogen-bond acceptors (Lipinski definition) is 6. The Hall–Kier alpha value is -2.68. The van der Waals surface area contributed by atoms with E-state index in [2.05, 4.69) is 10.5 Å². The maximum absolute atomic E-state index is 12.4. The largest absolute Gasteiger partial charge is 0.495 e. The highest BCUT2D eigenvalue weighted by Gasteiger charge is 2.20. The van der Waals surface area contributed by atoms with Gasteiger partial charge in [-0.05, 0) is 12.1 Å². The molecule has 0 saturated heterocycles. The molecule has 27 heavy (non-hydrogen) atoms. The second-order valence-corrected chi connectivity index (χ2v) is 7.03. The number of nitro groups is 1. The van der Waals surface area contributed by atoms with Crippen molar-refractivity contribution in [1.29, 1.82) is 0 Å². The van der Waals surface area contributed by atoms with Crippen LogP contribution in [0.1, 0.15) is 15.2 Å². The van der Waals surface area contributed by atoms with Crippen molar-refractivity contribution in [2.75, 3.05) is 7.11 Å². The molecular formula is C17H11Cl2N3O4S. The Kier molecular flexibility index (Phi) is 5.59. The van der Waals surface area contributed by atoms with E-state index in [9.17, 15) is 14.9 Å². The van der Waals surface area contributed by atoms with Gasteiger partial charge in [-0.25, -0.2) is 5.43 Å². The molecule has 138 valence electrons. The van der Waals surface area contributed by atoms with Gasteiger partial charge in [-0.1, -0.05) is 35.3 Å². The Bertz CT molecular complexity index is 1080. The summed E-state index contributed by atoms with van der Waals surface area (Å²) in [4.78, 5) is 22.9. The zero-order chi connectivity index (χ0) is 19.6. The summed E-state index contributed by atoms with van der Waals surface area (Å²) < 4.78 is 5.80. The van der Waals surface area contributed by atoms with Crippen LogP contribution in [0.15, 0.2) is 41.5 Å². The summed E-state index contributed by atoms with van der Waals surface area (Å²) in [5, 5.41) is 15.9. The molecule has 0 atom stereocenters. The Morgan fingerprint density at radius 1 is 1.30 bits per heavy atom. The number of fused-ring (bicyclic) bond motifs is 1. The molecule has 0 radical (unpaired) electrons. The molecule has 7 nitrogen and oxygen atoms in total. The number of thiophene rings is 1. The standard InChI is InChI=1S/C17H11Cl2N3O4S/c1-26-12-6-5-11-13(18)16(27-15(11)14(12)19)17(23)21-20-8-9-3-2-4-10(7-9)22(24)25/h2-8H,1H3,(H,21,23)/b20-8+. The SMILES string of the molecule is COc1ccc2c(Cl)c(C(=O)N/N=C/c3cccc([N+](=O)[O-])c3)sc2c1Cl. The molecule has 3 aromatic rings. The van der Waals surface area contributed by atoms with Gasteiger partial charge in [0, 0.05) is 23.1 Å². The summed E-state index contributed by atoms with van der Waals surface area (Å²) in [5.41, 5.74) is 2.76. The lowest BCUT2D eigenvalue weighted by atomic mass is 10.2. The summed E-state index contributed by atoms with van der Waals surface area (Å²) in [6.07, 6.45) is 1.31. The summed E-state index contributed by atoms with van der Waals surface area (Å²) >= 11 is 13.7. The molecule has 0 aliphatic heterocycles. The first kappa shape index (κ1) is 19.1. The van der Waals surface area contributed by atoms with Crippen LogP contribution < -0.4 is 10.2 Å². The Labute approximate surface area is 167 Å². The van der Waals surface area contributed by atoms with Gasteiger partial charge >= 0.3 is 0 Å². The van der Waals surface area contributed by atoms with Crippen molar-refractivity contribution in [2.24, 2.45) is 5.10 Å². The molecule has 0 spiro atoms. The van der Waals surface area contributed by atoms with Crippen LogP contribution in [-0.4, -0.2) is 24.2 Å². The molecule has 0 aliphatic rings. The molecule has 1 N–H and O–H groups in total. The average molecular weight is 424 g/mol. The van der Waals surface area contributed by atoms with Gasteiger partial charge in [0.1, 0.15) is 15.6 Å². The van der Waals surface area contributed by atoms with Crippen LogP contribution in [0.25, 0.3) is 10.1 Å². The summed E-state index contributed by atoms with van der Waals surface area (Å²) in [7, 11) is 1.50. The van der Waals surface area contributed by atoms with Crippen molar-refractivity contribution in [1.82, 2.24) is 5.43 Å². The van der Waals surface area contributed by atoms with Crippen LogP contribution in [0.4, 0.5) is 5.69 Å². The third-order valence-electron chi connectivity index (χ3n) is 3.59. The average Bonchev–Trinajstić information content (AvgIpc) is 3.00. The van der Waals surface area contributed by atoms with Crippen molar-refractivity contribution in [3.8, 4) is 5.75 Å². The molecule has 0 bridgehead atoms. The molecule has 0 saturated carbocycles. The van der Waals surface area contributed by atoms with Crippen molar-refractivity contribution in [3.05, 3.63) is 67.0 Å². The number of carbonyl (C=O) groups excluding carboxylic acids is 1. The second-order valence-electron chi connectivity index (χ2n) is 5.25. The van der Waals surface area contributed by atoms with Crippen LogP contribution >= 0.6 is 34.5 Å². The van der Waals surface area contributed by atoms with Crippen molar-refractivity contribution in [3.63, 3.8) is 0 Å². The van der Waals surface area contributed by atoms with E-state index in [1.54, 1.807) is 18.2 Å². The number of nitrogens with one attached hydrogen (secondary N) is 1. The van der Waals surface area contributed by atoms with E-state index in [1.165, 1.54) is 31.5 Å². The maximum Gasteiger partial charge on any atom is 0.283 e. The maximum atomic E-state index is 12.4. The van der Waals surface area contributed by atoms with Gasteiger partial charge < -0.3 is 4.74 Å². The quantitative estimate of drug-likeness (QED) is 0.359. The fourth-order valence-electron chi connectivity index (χ4n) is 2.32. The van der Waals surface area contributed by atoms with Gasteiger partial charge in [-0.15, -0.1) is 11.3 Å². The number of benzene rings is 2. The van der Waals surface area contributed by atoms with E-state index in [-0.39, 0.29) is 15.6 Å². The van der Waals surface area contributed by atoms with E-state index in [0.29, 0.717) is 26.4 Å². The minimum atomic E-state index is -0.516. The highest BCUT2D eigenvalue weighted by Crippen LogP contribution is 2.42. The van der Waals surface area contributed by atoms with Crippen molar-refractivity contribution >= 4 is 62.4 Å². The van der Waals surface area contributed by atoms with E-state index in [0.717, 1.165) is 11.3 Å². The minimum absolute atomic E-state index is 0.0681. The van der Waals surface area contributed by atoms with Gasteiger partial charge in [-0.2, -0.15) is 5.10 Å². The van der Waals surface area contributed by atoms with Gasteiger partial charge in [0.15, 0.2) is 0 Å². The molecule has 0 fully saturated rings. The number of ether oxygens (including phenoxy) is 1. The molecule has 0 aliphatic carbocycles. The number of hydrogen-bond donors (Lipinski definition) is 1. The summed E-state index contributed by atoms with van der Waals surface area (Å²) in [6, 6.07) is 9.26. The normalized spacial score (nSPS) is 11.1. The van der Waals surface area contributed by atoms with E-state index < -0.39 is 10.8 Å². The van der Waals surface area contributed by atoms with Crippen LogP contribution in [0.3, 0.4) is 0 Å². The number of nitrogens with zero attached hydrogens (tertiary/aromatic N) is 2. The minimum Gasteiger partial charge on any atom is -0.495 e. The monoisotopic (exact) mass is 423 g/mol. The van der Waals surface area contributed by atoms with E-state index >= 15 is 0 Å². The van der Waals surface area contributed by atoms with E-state index in [4.69, 9.17) is 27.9 Å². The number of methoxy groups -OCH3 is 1. The number of halogens is 2. The molecule has 10 heteroatoms. The molecular weight excluding hydrogens is 413 g/mol. The van der Waals surface area contributed by atoms with Crippen molar-refractivity contribution < 1.29 is 14.5 Å². The number of amides is 1. The van der Waals surface area contributed by atoms with Crippen LogP contribution in [0.2, 0.25) is 10.0 Å². The number of non-ortho nitro benzene ring substituents is 1. The number of hydrazone groups is 1. The predicted octanol–water partition coefficient (Wildman–Crippen LogP) is 4.89. The Morgan fingerprint density at radius 3 is 2.78 bits per heavy atom. The summed E-state index contributed by atoms with van der Waals surface area (Å²) in [5.74, 6) is -0.0318. The lowest BCUT2D eigenvalue weighted by Crippen LogP contribution is -2.16. The molecule has 3 rings (SSSR count). The van der Waals surface area contributed by atoms with Gasteiger partial charge in [0.05, 0.1) is 28.0 Å². The topological polar surface area (TPSA) is 93.8 Å². The number of nitro benzene ring substituents is 1. The molecule has 0 unspecified atom stereocenters. The highest BCUT2D eigenvalue weighted by molar-refractivity contribution is 7.22. The first-order valence-electron chi connectivity index (χ1n) is 7.44. The van der Waals surface area contributed by atoms with Gasteiger partial charge in [-0.3, -0.25) is 14.9 Å². The summed E-state index contributed by atoms with van der Waals surface area (Å²) in [6.45, 7) is 0. The van der Waals surface area contributed by atoms with Gasteiger partial charge in [0.2, 0.25) is 0 Å². The lowest BCUT2D eigenvalue weighted by Gasteiger charge is -2.02. The second kappa shape index (κ2) is 7.91. The Morgan fingerprint density at radius 2 is 2.07 bits per heavy atom. The third-order valence-corrected chi connectivity index (χ3v) is 5.80. The molecule has 1 heterocycles. The van der Waals surface area contributed by atoms with Crippen molar-refractivity contribution in [2.45, 2.75) is 0 Å². The number of rotatable bonds is 5. The zero-order valence-corrected chi connectivity index (χ0v) is 16.1. The van der Waals surface area contributed by atoms with Crippen LogP contribution in [0.5, 0.6) is 5.75 Å². The first-order chi connectivity index (χ1) is 12.9. The van der Waals surface area contributed by atoms with Crippen LogP contribution in [0, 0.1) is 10.1 Å². The zero-order valence-electron chi connectivity index (χ0n) is 13.7. The first-order valence-corrected chi connectivity index (χ1v) is 9.02. The van der Waals surface area contributed by atoms with Crippen LogP contribution in [-0.2, 0) is 0 Å². The van der Waals surface area contributed by atoms with E-state index in [1.807, 2.05) is 0 Å². The lowest BCUT2D eigenvalue weighted by molar-refractivity contribution is -0.384. The Balaban J connectivity index is 1.82. The number of carbonyl (C=O) groups is 1. The fraction of sp³-hybridized carbons (Fsp3) is 0.0588. The molecule has 2 aromatic carbocycles.